The number of nitrogens with zero attached hydrogens (tertiary/aromatic N) is 1. The van der Waals surface area contributed by atoms with Crippen molar-refractivity contribution >= 4 is 21.9 Å². The van der Waals surface area contributed by atoms with Crippen LogP contribution in [0.2, 0.25) is 0 Å². The van der Waals surface area contributed by atoms with E-state index in [0.29, 0.717) is 12.8 Å². The number of amides is 1. The summed E-state index contributed by atoms with van der Waals surface area (Å²) in [4.78, 5) is 26.1. The highest BCUT2D eigenvalue weighted by molar-refractivity contribution is 7.89. The normalized spacial score (nSPS) is 23.5. The molecule has 4 rings (SSSR count). The number of rotatable bonds is 6. The van der Waals surface area contributed by atoms with E-state index in [2.05, 4.69) is 0 Å². The number of piperidine rings is 1. The van der Waals surface area contributed by atoms with Gasteiger partial charge >= 0.3 is 5.97 Å². The summed E-state index contributed by atoms with van der Waals surface area (Å²) in [7, 11) is -4.06. The Kier molecular flexibility index (Phi) is 6.65. The Labute approximate surface area is 189 Å². The van der Waals surface area contributed by atoms with Crippen molar-refractivity contribution in [2.45, 2.75) is 63.0 Å². The molecule has 1 amide bonds. The van der Waals surface area contributed by atoms with Crippen LogP contribution >= 0.6 is 0 Å². The maximum atomic E-state index is 13.5. The number of carbonyl (C=O) groups is 2. The lowest BCUT2D eigenvalue weighted by Crippen LogP contribution is -2.55. The minimum atomic E-state index is -4.06. The SMILES string of the molecule is Cc1ccc(S(=O)(=O)N2C(=O)[C@H]3CCCC[C@H]3C[C@@H]2CC(=O)OCc2ccccc2)cc1. The summed E-state index contributed by atoms with van der Waals surface area (Å²) in [6, 6.07) is 15.1. The maximum absolute atomic E-state index is 13.5. The molecule has 2 aliphatic rings. The molecule has 0 bridgehead atoms. The van der Waals surface area contributed by atoms with Crippen LogP contribution in [0.25, 0.3) is 0 Å². The van der Waals surface area contributed by atoms with Crippen LogP contribution in [0.4, 0.5) is 0 Å². The maximum Gasteiger partial charge on any atom is 0.308 e. The van der Waals surface area contributed by atoms with Crippen molar-refractivity contribution in [2.24, 2.45) is 11.8 Å². The summed E-state index contributed by atoms with van der Waals surface area (Å²) < 4.78 is 33.4. The molecule has 0 unspecified atom stereocenters. The van der Waals surface area contributed by atoms with Crippen LogP contribution in [-0.2, 0) is 31.0 Å². The molecular formula is C25H29NO5S. The van der Waals surface area contributed by atoms with Crippen LogP contribution in [0.5, 0.6) is 0 Å². The van der Waals surface area contributed by atoms with E-state index in [4.69, 9.17) is 4.74 Å². The molecule has 7 heteroatoms. The molecular weight excluding hydrogens is 426 g/mol. The van der Waals surface area contributed by atoms with E-state index in [0.717, 1.165) is 34.7 Å². The molecule has 0 spiro atoms. The van der Waals surface area contributed by atoms with Crippen LogP contribution in [0.1, 0.15) is 49.7 Å². The molecule has 1 saturated heterocycles. The Morgan fingerprint density at radius 1 is 1.03 bits per heavy atom. The summed E-state index contributed by atoms with van der Waals surface area (Å²) in [5.41, 5.74) is 1.79. The highest BCUT2D eigenvalue weighted by Crippen LogP contribution is 2.42. The molecule has 1 saturated carbocycles. The molecule has 170 valence electrons. The van der Waals surface area contributed by atoms with Gasteiger partial charge in [-0.1, -0.05) is 60.9 Å². The third-order valence-electron chi connectivity index (χ3n) is 6.57. The minimum absolute atomic E-state index is 0.0772. The predicted molar refractivity (Wildman–Crippen MR) is 120 cm³/mol. The Morgan fingerprint density at radius 3 is 2.44 bits per heavy atom. The first-order valence-corrected chi connectivity index (χ1v) is 12.6. The van der Waals surface area contributed by atoms with Gasteiger partial charge in [0.25, 0.3) is 10.0 Å². The number of hydrogen-bond acceptors (Lipinski definition) is 5. The number of hydrogen-bond donors (Lipinski definition) is 0. The van der Waals surface area contributed by atoms with Gasteiger partial charge in [-0.3, -0.25) is 9.59 Å². The molecule has 6 nitrogen and oxygen atoms in total. The molecule has 32 heavy (non-hydrogen) atoms. The highest BCUT2D eigenvalue weighted by Gasteiger charge is 2.48. The molecule has 2 aromatic rings. The van der Waals surface area contributed by atoms with Crippen molar-refractivity contribution in [2.75, 3.05) is 0 Å². The van der Waals surface area contributed by atoms with Crippen LogP contribution in [0, 0.1) is 18.8 Å². The van der Waals surface area contributed by atoms with Crippen molar-refractivity contribution in [1.82, 2.24) is 4.31 Å². The third-order valence-corrected chi connectivity index (χ3v) is 8.44. The minimum Gasteiger partial charge on any atom is -0.461 e. The molecule has 0 radical (unpaired) electrons. The Bertz CT molecular complexity index is 1070. The first kappa shape index (κ1) is 22.5. The zero-order chi connectivity index (χ0) is 22.7. The van der Waals surface area contributed by atoms with Crippen molar-refractivity contribution in [3.8, 4) is 0 Å². The Morgan fingerprint density at radius 2 is 1.72 bits per heavy atom. The van der Waals surface area contributed by atoms with Crippen LogP contribution < -0.4 is 0 Å². The van der Waals surface area contributed by atoms with Crippen molar-refractivity contribution in [1.29, 1.82) is 0 Å². The van der Waals surface area contributed by atoms with E-state index >= 15 is 0 Å². The largest absolute Gasteiger partial charge is 0.461 e. The molecule has 0 N–H and O–H groups in total. The van der Waals surface area contributed by atoms with Gasteiger partial charge in [0.15, 0.2) is 0 Å². The van der Waals surface area contributed by atoms with Gasteiger partial charge in [-0.2, -0.15) is 0 Å². The fraction of sp³-hybridized carbons (Fsp3) is 0.440. The zero-order valence-electron chi connectivity index (χ0n) is 18.3. The average Bonchev–Trinajstić information content (AvgIpc) is 2.79. The molecule has 1 aliphatic heterocycles. The van der Waals surface area contributed by atoms with Gasteiger partial charge in [-0.25, -0.2) is 12.7 Å². The van der Waals surface area contributed by atoms with Gasteiger partial charge in [0.1, 0.15) is 6.61 Å². The molecule has 3 atom stereocenters. The summed E-state index contributed by atoms with van der Waals surface area (Å²) in [5.74, 6) is -1.04. The van der Waals surface area contributed by atoms with E-state index < -0.39 is 22.0 Å². The number of benzene rings is 2. The zero-order valence-corrected chi connectivity index (χ0v) is 19.1. The lowest BCUT2D eigenvalue weighted by molar-refractivity contribution is -0.149. The average molecular weight is 456 g/mol. The number of esters is 1. The topological polar surface area (TPSA) is 80.8 Å². The van der Waals surface area contributed by atoms with Crippen LogP contribution in [-0.4, -0.2) is 30.6 Å². The van der Waals surface area contributed by atoms with E-state index in [-0.39, 0.29) is 35.7 Å². The van der Waals surface area contributed by atoms with E-state index in [1.54, 1.807) is 12.1 Å². The van der Waals surface area contributed by atoms with Gasteiger partial charge < -0.3 is 4.74 Å². The first-order valence-electron chi connectivity index (χ1n) is 11.2. The monoisotopic (exact) mass is 455 g/mol. The van der Waals surface area contributed by atoms with Gasteiger partial charge in [-0.15, -0.1) is 0 Å². The standard InChI is InChI=1S/C25H29NO5S/c1-18-11-13-22(14-12-18)32(29,30)26-21(15-20-9-5-6-10-23(20)25(26)28)16-24(27)31-17-19-7-3-2-4-8-19/h2-4,7-8,11-14,20-21,23H,5-6,9-10,15-17H2,1H3/t20-,21+,23-/m0/s1. The van der Waals surface area contributed by atoms with Gasteiger partial charge in [-0.05, 0) is 49.8 Å². The second-order valence-corrected chi connectivity index (χ2v) is 10.7. The Balaban J connectivity index is 1.57. The summed E-state index contributed by atoms with van der Waals surface area (Å²) >= 11 is 0. The van der Waals surface area contributed by atoms with E-state index in [1.165, 1.54) is 12.1 Å². The van der Waals surface area contributed by atoms with E-state index in [1.807, 2.05) is 37.3 Å². The van der Waals surface area contributed by atoms with Gasteiger partial charge in [0.2, 0.25) is 5.91 Å². The smallest absolute Gasteiger partial charge is 0.308 e. The highest BCUT2D eigenvalue weighted by atomic mass is 32.2. The quantitative estimate of drug-likeness (QED) is 0.609. The number of fused-ring (bicyclic) bond motifs is 1. The fourth-order valence-corrected chi connectivity index (χ4v) is 6.53. The molecule has 2 aromatic carbocycles. The first-order chi connectivity index (χ1) is 15.4. The summed E-state index contributed by atoms with van der Waals surface area (Å²) in [6.45, 7) is 2.00. The lowest BCUT2D eigenvalue weighted by atomic mass is 9.73. The second kappa shape index (κ2) is 9.45. The number of sulfonamides is 1. The van der Waals surface area contributed by atoms with Crippen molar-refractivity contribution in [3.63, 3.8) is 0 Å². The molecule has 0 aromatic heterocycles. The van der Waals surface area contributed by atoms with Gasteiger partial charge in [0.05, 0.1) is 17.4 Å². The number of ether oxygens (including phenoxy) is 1. The van der Waals surface area contributed by atoms with Crippen LogP contribution in [0.15, 0.2) is 59.5 Å². The predicted octanol–water partition coefficient (Wildman–Crippen LogP) is 4.22. The number of carbonyl (C=O) groups excluding carboxylic acids is 2. The van der Waals surface area contributed by atoms with Crippen LogP contribution in [0.3, 0.4) is 0 Å². The van der Waals surface area contributed by atoms with E-state index in [9.17, 15) is 18.0 Å². The third kappa shape index (κ3) is 4.72. The Hall–Kier alpha value is -2.67. The van der Waals surface area contributed by atoms with Crippen molar-refractivity contribution in [3.05, 3.63) is 65.7 Å². The fourth-order valence-electron chi connectivity index (χ4n) is 4.90. The second-order valence-electron chi connectivity index (χ2n) is 8.84. The summed E-state index contributed by atoms with van der Waals surface area (Å²) in [6.07, 6.45) is 3.92. The summed E-state index contributed by atoms with van der Waals surface area (Å²) in [5, 5.41) is 0. The molecule has 2 fully saturated rings. The van der Waals surface area contributed by atoms with Gasteiger partial charge in [0, 0.05) is 5.92 Å². The molecule has 1 aliphatic carbocycles. The lowest BCUT2D eigenvalue weighted by Gasteiger charge is -2.44. The molecule has 1 heterocycles. The number of aryl methyl sites for hydroxylation is 1. The van der Waals surface area contributed by atoms with Crippen molar-refractivity contribution < 1.29 is 22.7 Å².